The van der Waals surface area contributed by atoms with Crippen molar-refractivity contribution in [2.24, 2.45) is 0 Å². The number of hydrogen-bond acceptors (Lipinski definition) is 9. The van der Waals surface area contributed by atoms with Gasteiger partial charge in [-0.2, -0.15) is 198 Å². The van der Waals surface area contributed by atoms with Crippen LogP contribution in [0.3, 0.4) is 0 Å². The summed E-state index contributed by atoms with van der Waals surface area (Å²) in [7, 11) is 0. The molecule has 0 spiro atoms. The summed E-state index contributed by atoms with van der Waals surface area (Å²) in [6.45, 7) is 3.23. The van der Waals surface area contributed by atoms with Crippen LogP contribution in [0.4, 0.5) is 198 Å². The summed E-state index contributed by atoms with van der Waals surface area (Å²) in [6.07, 6.45) is -101. The fraction of sp³-hybridized carbons (Fsp3) is 0.828. The van der Waals surface area contributed by atoms with E-state index in [4.69, 9.17) is 25.5 Å². The second-order valence-corrected chi connectivity index (χ2v) is 13.6. The van der Waals surface area contributed by atoms with Gasteiger partial charge in [0.1, 0.15) is 0 Å². The summed E-state index contributed by atoms with van der Waals surface area (Å²) >= 11 is 0. The lowest BCUT2D eigenvalue weighted by atomic mass is 9.89. The van der Waals surface area contributed by atoms with Gasteiger partial charge in [0.05, 0.1) is 0 Å². The molecule has 0 amide bonds. The highest BCUT2D eigenvalue weighted by atomic mass is 19.5. The molecule has 0 aromatic heterocycles. The Kier molecular flexibility index (Phi) is 28.1. The third-order valence-corrected chi connectivity index (χ3v) is 7.41. The maximum atomic E-state index is 13.5. The number of rotatable bonds is 8. The number of ether oxygens (including phenoxy) is 1. The molecule has 0 aliphatic heterocycles. The van der Waals surface area contributed by atoms with Crippen LogP contribution in [0, 0.1) is 0 Å². The monoisotopic (exact) mass is 1360 g/mol. The molecule has 0 aromatic rings. The second-order valence-electron chi connectivity index (χ2n) is 13.6. The van der Waals surface area contributed by atoms with E-state index < -0.39 is 156 Å². The number of carbonyl (C=O) groups excluding carboxylic acids is 3. The van der Waals surface area contributed by atoms with Crippen LogP contribution in [-0.4, -0.2) is 176 Å². The molecule has 0 saturated carbocycles. The van der Waals surface area contributed by atoms with Crippen molar-refractivity contribution in [2.45, 2.75) is 148 Å². The lowest BCUT2D eigenvalue weighted by molar-refractivity contribution is -0.446. The Morgan fingerprint density at radius 1 is 0.337 bits per heavy atom. The van der Waals surface area contributed by atoms with Crippen molar-refractivity contribution in [1.29, 1.82) is 0 Å². The smallest absolute Gasteiger partial charge is 0.443 e. The average Bonchev–Trinajstić information content (AvgIpc) is 3.16. The molecule has 0 aliphatic carbocycles. The van der Waals surface area contributed by atoms with Gasteiger partial charge in [-0.25, -0.2) is 4.79 Å². The maximum absolute atomic E-state index is 13.5. The van der Waals surface area contributed by atoms with Gasteiger partial charge in [0.2, 0.25) is 12.2 Å². The molecular formula is C29H17F45O9. The van der Waals surface area contributed by atoms with Crippen molar-refractivity contribution in [3.8, 4) is 0 Å². The minimum Gasteiger partial charge on any atom is -0.443 e. The van der Waals surface area contributed by atoms with Crippen molar-refractivity contribution >= 4 is 17.5 Å². The number of esters is 1. The van der Waals surface area contributed by atoms with Gasteiger partial charge in [-0.3, -0.25) is 9.59 Å². The standard InChI is InChI=1S/C10H7F11O3.C6H3F11O2.C6HF11O2.C3H2F6O.C3F6O.CH4/c1-3(2)4(22)24-5(7(13,14)15)6(11,12)8(23,9(16,17)18)10(19,20)21;2*7-2(8,1(18)3(9,10)11)4(19,5(12,13)14)6(15,16)17;2*4-2(5,6)1(10)3(7,8)9;/h5,23H,1H2,2H3;1,18-19H;19H;1,10H;;1H4. The summed E-state index contributed by atoms with van der Waals surface area (Å²) in [6, 6.07) is 0. The Labute approximate surface area is 420 Å². The fourth-order valence-electron chi connectivity index (χ4n) is 3.43. The first-order valence-electron chi connectivity index (χ1n) is 16.8. The van der Waals surface area contributed by atoms with E-state index in [2.05, 4.69) is 11.3 Å². The minimum atomic E-state index is -7.28. The summed E-state index contributed by atoms with van der Waals surface area (Å²) in [5, 5.41) is 40.0. The van der Waals surface area contributed by atoms with E-state index in [-0.39, 0.29) is 7.43 Å². The van der Waals surface area contributed by atoms with Crippen LogP contribution in [0.2, 0.25) is 0 Å². The Bertz CT molecular complexity index is 2020. The van der Waals surface area contributed by atoms with Gasteiger partial charge < -0.3 is 30.3 Å². The van der Waals surface area contributed by atoms with Crippen LogP contribution in [-0.2, 0) is 19.1 Å². The van der Waals surface area contributed by atoms with Crippen molar-refractivity contribution < 1.29 is 242 Å². The Morgan fingerprint density at radius 2 is 0.542 bits per heavy atom. The van der Waals surface area contributed by atoms with Gasteiger partial charge >= 0.3 is 132 Å². The summed E-state index contributed by atoms with van der Waals surface area (Å²) in [4.78, 5) is 30.1. The first kappa shape index (κ1) is 89.4. The predicted octanol–water partition coefficient (Wildman–Crippen LogP) is 12.3. The third kappa shape index (κ3) is 21.0. The Morgan fingerprint density at radius 3 is 0.675 bits per heavy atom. The van der Waals surface area contributed by atoms with Crippen molar-refractivity contribution in [2.75, 3.05) is 0 Å². The second kappa shape index (κ2) is 26.0. The molecule has 0 aliphatic rings. The molecule has 502 valence electrons. The average molecular weight is 1360 g/mol. The Hall–Kier alpha value is -4.80. The molecular weight excluding hydrogens is 1350 g/mol. The number of carbonyl (C=O) groups is 3. The van der Waals surface area contributed by atoms with Crippen LogP contribution < -0.4 is 0 Å². The number of aliphatic hydroxyl groups is 5. The zero-order valence-corrected chi connectivity index (χ0v) is 35.8. The first-order chi connectivity index (χ1) is 34.3. The van der Waals surface area contributed by atoms with E-state index in [1.165, 1.54) is 0 Å². The van der Waals surface area contributed by atoms with E-state index in [0.717, 1.165) is 0 Å². The molecule has 0 aromatic carbocycles. The molecule has 0 heterocycles. The lowest BCUT2D eigenvalue weighted by Crippen LogP contribution is -2.73. The highest BCUT2D eigenvalue weighted by Crippen LogP contribution is 2.58. The van der Waals surface area contributed by atoms with E-state index in [1.807, 2.05) is 0 Å². The van der Waals surface area contributed by atoms with Gasteiger partial charge in [-0.05, 0) is 6.92 Å². The number of aliphatic hydroxyl groups excluding tert-OH is 2. The topological polar surface area (TPSA) is 162 Å². The van der Waals surface area contributed by atoms with Gasteiger partial charge in [0.15, 0.2) is 0 Å². The molecule has 9 nitrogen and oxygen atoms in total. The highest BCUT2D eigenvalue weighted by Gasteiger charge is 2.89. The van der Waals surface area contributed by atoms with Gasteiger partial charge in [-0.15, -0.1) is 0 Å². The van der Waals surface area contributed by atoms with Gasteiger partial charge in [-0.1, -0.05) is 14.0 Å². The number of ketones is 2. The molecule has 83 heavy (non-hydrogen) atoms. The van der Waals surface area contributed by atoms with Crippen molar-refractivity contribution in [3.63, 3.8) is 0 Å². The molecule has 0 rings (SSSR count). The number of alkyl halides is 45. The van der Waals surface area contributed by atoms with Crippen LogP contribution in [0.15, 0.2) is 12.2 Å². The first-order valence-corrected chi connectivity index (χ1v) is 16.8. The zero-order chi connectivity index (χ0) is 69.2. The van der Waals surface area contributed by atoms with Crippen LogP contribution >= 0.6 is 0 Å². The van der Waals surface area contributed by atoms with E-state index >= 15 is 0 Å². The van der Waals surface area contributed by atoms with Crippen LogP contribution in [0.1, 0.15) is 14.4 Å². The van der Waals surface area contributed by atoms with Crippen molar-refractivity contribution in [1.82, 2.24) is 0 Å². The lowest BCUT2D eigenvalue weighted by Gasteiger charge is -2.41. The number of hydrogen-bond donors (Lipinski definition) is 5. The molecule has 2 atom stereocenters. The van der Waals surface area contributed by atoms with Gasteiger partial charge in [0.25, 0.3) is 6.10 Å². The van der Waals surface area contributed by atoms with Crippen LogP contribution in [0.5, 0.6) is 0 Å². The maximum Gasteiger partial charge on any atom is 0.459 e. The number of Topliss-reactive ketones (excluding diaryl/α,β-unsaturated/α-hetero) is 2. The molecule has 2 unspecified atom stereocenters. The molecule has 0 saturated heterocycles. The summed E-state index contributed by atoms with van der Waals surface area (Å²) in [5.41, 5.74) is -22.4. The molecule has 5 N–H and O–H groups in total. The fourth-order valence-corrected chi connectivity index (χ4v) is 3.43. The van der Waals surface area contributed by atoms with E-state index in [9.17, 15) is 212 Å². The highest BCUT2D eigenvalue weighted by molar-refractivity contribution is 5.92. The Balaban J connectivity index is -0.000000231. The van der Waals surface area contributed by atoms with Crippen LogP contribution in [0.25, 0.3) is 0 Å². The molecule has 0 fully saturated rings. The molecule has 0 bridgehead atoms. The third-order valence-electron chi connectivity index (χ3n) is 7.41. The summed E-state index contributed by atoms with van der Waals surface area (Å²) in [5.74, 6) is -31.9. The van der Waals surface area contributed by atoms with E-state index in [1.54, 1.807) is 0 Å². The predicted molar refractivity (Wildman–Crippen MR) is 162 cm³/mol. The molecule has 54 heteroatoms. The van der Waals surface area contributed by atoms with E-state index in [0.29, 0.717) is 6.92 Å². The normalized spacial score (nSPS) is 15.5. The minimum absolute atomic E-state index is 0. The largest absolute Gasteiger partial charge is 0.459 e. The zero-order valence-electron chi connectivity index (χ0n) is 35.8. The van der Waals surface area contributed by atoms with Gasteiger partial charge in [0, 0.05) is 5.57 Å². The SMILES string of the molecule is C.C=C(C)C(=O)OC(C(F)(F)F)C(F)(F)C(O)(C(F)(F)F)C(F)(F)F.O=C(C(F)(F)F)C(F)(F)C(O)(C(F)(F)F)C(F)(F)F.O=C(C(F)(F)F)C(F)(F)F.OC(C(F)(F)F)C(F)(F)C(O)(C(F)(F)F)C(F)(F)F.OC(C(F)(F)F)C(F)(F)F. The summed E-state index contributed by atoms with van der Waals surface area (Å²) < 4.78 is 536. The van der Waals surface area contributed by atoms with Crippen molar-refractivity contribution in [3.05, 3.63) is 12.2 Å². The molecule has 0 radical (unpaired) electrons. The number of halogens is 45. The quantitative estimate of drug-likeness (QED) is 0.0905.